The smallest absolute Gasteiger partial charge is 0.257 e. The number of carbonyl (C=O) groups is 1. The normalized spacial score (nSPS) is 22.4. The van der Waals surface area contributed by atoms with Gasteiger partial charge in [0.15, 0.2) is 0 Å². The summed E-state index contributed by atoms with van der Waals surface area (Å²) >= 11 is 0. The molecule has 0 bridgehead atoms. The standard InChI is InChI=1S/C24H30N4O2/c1-16(14-25-2)12-17-13-19-23(22-18(17)8-7-11-26-22)27(3)15-28(24(19)30)20-9-5-4-6-10-21(20)29/h7-8,11,13-14,20-21,29H,1,4-6,9-10,12,15H2,2-3H3/t20-,21-/m0/s1. The van der Waals surface area contributed by atoms with E-state index in [0.717, 1.165) is 59.8 Å². The van der Waals surface area contributed by atoms with Crippen LogP contribution in [-0.2, 0) is 6.42 Å². The fourth-order valence-electron chi connectivity index (χ4n) is 4.88. The monoisotopic (exact) mass is 406 g/mol. The zero-order valence-corrected chi connectivity index (χ0v) is 17.8. The molecule has 0 unspecified atom stereocenters. The molecular weight excluding hydrogens is 376 g/mol. The van der Waals surface area contributed by atoms with Crippen LogP contribution in [0.1, 0.15) is 48.0 Å². The Morgan fingerprint density at radius 2 is 2.17 bits per heavy atom. The molecule has 2 heterocycles. The van der Waals surface area contributed by atoms with Crippen LogP contribution in [0, 0.1) is 0 Å². The van der Waals surface area contributed by atoms with Crippen LogP contribution in [0.5, 0.6) is 0 Å². The van der Waals surface area contributed by atoms with Gasteiger partial charge in [0.05, 0.1) is 35.6 Å². The van der Waals surface area contributed by atoms with Crippen molar-refractivity contribution in [1.82, 2.24) is 9.88 Å². The molecule has 30 heavy (non-hydrogen) atoms. The first-order valence-electron chi connectivity index (χ1n) is 10.7. The van der Waals surface area contributed by atoms with E-state index in [9.17, 15) is 9.90 Å². The van der Waals surface area contributed by atoms with E-state index < -0.39 is 6.10 Å². The average Bonchev–Trinajstić information content (AvgIpc) is 2.95. The maximum Gasteiger partial charge on any atom is 0.257 e. The van der Waals surface area contributed by atoms with Gasteiger partial charge < -0.3 is 14.9 Å². The Balaban J connectivity index is 1.80. The lowest BCUT2D eigenvalue weighted by Gasteiger charge is -2.42. The van der Waals surface area contributed by atoms with Gasteiger partial charge in [-0.25, -0.2) is 0 Å². The Kier molecular flexibility index (Phi) is 5.86. The fraction of sp³-hybridized carbons (Fsp3) is 0.458. The molecule has 1 amide bonds. The maximum absolute atomic E-state index is 13.6. The number of hydrogen-bond acceptors (Lipinski definition) is 5. The topological polar surface area (TPSA) is 69.0 Å². The highest BCUT2D eigenvalue weighted by Crippen LogP contribution is 2.37. The van der Waals surface area contributed by atoms with E-state index in [4.69, 9.17) is 0 Å². The summed E-state index contributed by atoms with van der Waals surface area (Å²) in [6.45, 7) is 4.56. The molecule has 1 aromatic carbocycles. The van der Waals surface area contributed by atoms with Crippen molar-refractivity contribution in [2.24, 2.45) is 4.99 Å². The van der Waals surface area contributed by atoms with Crippen LogP contribution >= 0.6 is 0 Å². The second kappa shape index (κ2) is 8.56. The Morgan fingerprint density at radius 1 is 1.37 bits per heavy atom. The van der Waals surface area contributed by atoms with Gasteiger partial charge in [-0.05, 0) is 42.5 Å². The van der Waals surface area contributed by atoms with E-state index in [2.05, 4.69) is 21.5 Å². The van der Waals surface area contributed by atoms with Crippen LogP contribution in [0.2, 0.25) is 0 Å². The number of anilines is 1. The number of rotatable bonds is 4. The number of aromatic nitrogens is 1. The van der Waals surface area contributed by atoms with Gasteiger partial charge in [-0.15, -0.1) is 0 Å². The van der Waals surface area contributed by atoms with E-state index in [-0.39, 0.29) is 11.9 Å². The molecule has 0 spiro atoms. The number of carbonyl (C=O) groups excluding carboxylic acids is 1. The molecule has 1 fully saturated rings. The van der Waals surface area contributed by atoms with Crippen LogP contribution in [0.3, 0.4) is 0 Å². The largest absolute Gasteiger partial charge is 0.391 e. The Morgan fingerprint density at radius 3 is 2.97 bits per heavy atom. The van der Waals surface area contributed by atoms with E-state index >= 15 is 0 Å². The number of hydrogen-bond donors (Lipinski definition) is 1. The summed E-state index contributed by atoms with van der Waals surface area (Å²) in [5.41, 5.74) is 4.27. The lowest BCUT2D eigenvalue weighted by atomic mass is 9.94. The summed E-state index contributed by atoms with van der Waals surface area (Å²) in [6, 6.07) is 5.82. The predicted octanol–water partition coefficient (Wildman–Crippen LogP) is 3.58. The molecule has 6 heteroatoms. The number of aliphatic hydroxyl groups is 1. The minimum atomic E-state index is -0.468. The van der Waals surface area contributed by atoms with Gasteiger partial charge in [-0.1, -0.05) is 31.9 Å². The van der Waals surface area contributed by atoms with Crippen molar-refractivity contribution in [3.63, 3.8) is 0 Å². The third-order valence-electron chi connectivity index (χ3n) is 6.26. The zero-order chi connectivity index (χ0) is 21.3. The fourth-order valence-corrected chi connectivity index (χ4v) is 4.88. The second-order valence-electron chi connectivity index (χ2n) is 8.44. The van der Waals surface area contributed by atoms with Gasteiger partial charge in [0, 0.05) is 31.9 Å². The molecule has 6 nitrogen and oxygen atoms in total. The molecular formula is C24H30N4O2. The third-order valence-corrected chi connectivity index (χ3v) is 6.26. The zero-order valence-electron chi connectivity index (χ0n) is 17.8. The molecule has 2 atom stereocenters. The molecule has 2 aliphatic rings. The number of fused-ring (bicyclic) bond motifs is 3. The maximum atomic E-state index is 13.6. The van der Waals surface area contributed by atoms with Crippen molar-refractivity contribution < 1.29 is 9.90 Å². The average molecular weight is 407 g/mol. The first-order valence-corrected chi connectivity index (χ1v) is 10.7. The molecule has 1 aliphatic heterocycles. The van der Waals surface area contributed by atoms with Crippen LogP contribution < -0.4 is 4.90 Å². The Labute approximate surface area is 177 Å². The Bertz CT molecular complexity index is 1000. The van der Waals surface area contributed by atoms with Crippen molar-refractivity contribution in [3.8, 4) is 0 Å². The predicted molar refractivity (Wildman–Crippen MR) is 121 cm³/mol. The number of amides is 1. The quantitative estimate of drug-likeness (QED) is 0.622. The van der Waals surface area contributed by atoms with Crippen molar-refractivity contribution in [3.05, 3.63) is 47.7 Å². The van der Waals surface area contributed by atoms with Crippen molar-refractivity contribution >= 4 is 28.7 Å². The number of pyridine rings is 1. The lowest BCUT2D eigenvalue weighted by Crippen LogP contribution is -2.53. The van der Waals surface area contributed by atoms with E-state index in [1.54, 1.807) is 19.5 Å². The number of benzene rings is 1. The van der Waals surface area contributed by atoms with Crippen LogP contribution in [-0.4, -0.2) is 60.0 Å². The van der Waals surface area contributed by atoms with Gasteiger partial charge in [-0.3, -0.25) is 14.8 Å². The number of allylic oxidation sites excluding steroid dienone is 1. The van der Waals surface area contributed by atoms with Gasteiger partial charge in [0.25, 0.3) is 5.91 Å². The van der Waals surface area contributed by atoms with Gasteiger partial charge >= 0.3 is 0 Å². The highest BCUT2D eigenvalue weighted by atomic mass is 16.3. The number of nitrogens with zero attached hydrogens (tertiary/aromatic N) is 4. The minimum Gasteiger partial charge on any atom is -0.391 e. The van der Waals surface area contributed by atoms with Crippen molar-refractivity contribution in [1.29, 1.82) is 0 Å². The van der Waals surface area contributed by atoms with E-state index in [1.165, 1.54) is 0 Å². The Hall–Kier alpha value is -2.73. The third kappa shape index (κ3) is 3.72. The van der Waals surface area contributed by atoms with Crippen molar-refractivity contribution in [2.45, 2.75) is 50.7 Å². The van der Waals surface area contributed by atoms with Gasteiger partial charge in [-0.2, -0.15) is 0 Å². The summed E-state index contributed by atoms with van der Waals surface area (Å²) in [7, 11) is 3.73. The highest BCUT2D eigenvalue weighted by molar-refractivity contribution is 6.10. The van der Waals surface area contributed by atoms with E-state index in [0.29, 0.717) is 18.7 Å². The first-order chi connectivity index (χ1) is 14.5. The summed E-state index contributed by atoms with van der Waals surface area (Å²) in [5, 5.41) is 11.7. The number of aliphatic hydroxyl groups excluding tert-OH is 1. The molecule has 0 radical (unpaired) electrons. The van der Waals surface area contributed by atoms with Crippen LogP contribution in [0.15, 0.2) is 41.5 Å². The van der Waals surface area contributed by atoms with Crippen LogP contribution in [0.25, 0.3) is 10.9 Å². The highest BCUT2D eigenvalue weighted by Gasteiger charge is 2.37. The molecule has 1 aliphatic carbocycles. The summed E-state index contributed by atoms with van der Waals surface area (Å²) in [5.74, 6) is -0.0161. The molecule has 0 saturated heterocycles. The summed E-state index contributed by atoms with van der Waals surface area (Å²) in [6.07, 6.45) is 8.44. The van der Waals surface area contributed by atoms with Gasteiger partial charge in [0.2, 0.25) is 0 Å². The molecule has 1 N–H and O–H groups in total. The lowest BCUT2D eigenvalue weighted by molar-refractivity contribution is 0.0317. The number of aliphatic imine (C=N–C) groups is 1. The summed E-state index contributed by atoms with van der Waals surface area (Å²) in [4.78, 5) is 26.3. The molecule has 2 aromatic rings. The first kappa shape index (κ1) is 20.5. The SMILES string of the molecule is C=C(C=NC)Cc1cc2c(c3ncccc13)N(C)CN([C@H]1CCCCC[C@@H]1O)C2=O. The molecule has 158 valence electrons. The second-order valence-corrected chi connectivity index (χ2v) is 8.44. The van der Waals surface area contributed by atoms with Crippen molar-refractivity contribution in [2.75, 3.05) is 25.7 Å². The molecule has 4 rings (SSSR count). The van der Waals surface area contributed by atoms with Gasteiger partial charge in [0.1, 0.15) is 0 Å². The van der Waals surface area contributed by atoms with E-state index in [1.807, 2.05) is 30.1 Å². The molecule has 1 aromatic heterocycles. The van der Waals surface area contributed by atoms with Crippen LogP contribution in [0.4, 0.5) is 5.69 Å². The molecule has 1 saturated carbocycles. The minimum absolute atomic E-state index is 0.0161. The summed E-state index contributed by atoms with van der Waals surface area (Å²) < 4.78 is 0.